The standard InChI is InChI=1S/C17H17Br4NO3/c1-22-3-2-17-7-5-4-6(22)8(17)10(19)12(21)14(24)16(17)25-15(7)13(23)11(20)9(5)18/h6,8,10,12,14,16,23-24H,2-4H2,1H3/t6-,8-,10+,12-,14+,16+,17-/m1/s1. The number of aromatic hydroxyl groups is 1. The largest absolute Gasteiger partial charge is 0.503 e. The summed E-state index contributed by atoms with van der Waals surface area (Å²) < 4.78 is 7.84. The average Bonchev–Trinajstić information content (AvgIpc) is 2.93. The Bertz CT molecular complexity index is 790. The molecule has 0 aromatic heterocycles. The molecule has 136 valence electrons. The van der Waals surface area contributed by atoms with Crippen LogP contribution in [0.1, 0.15) is 17.5 Å². The fourth-order valence-corrected chi connectivity index (χ4v) is 8.44. The summed E-state index contributed by atoms with van der Waals surface area (Å²) in [6, 6.07) is 0.364. The second kappa shape index (κ2) is 5.60. The molecule has 1 aromatic carbocycles. The van der Waals surface area contributed by atoms with Gasteiger partial charge >= 0.3 is 0 Å². The van der Waals surface area contributed by atoms with Crippen molar-refractivity contribution >= 4 is 63.7 Å². The Morgan fingerprint density at radius 1 is 1.20 bits per heavy atom. The number of nitrogens with zero attached hydrogens (tertiary/aromatic N) is 1. The van der Waals surface area contributed by atoms with Crippen molar-refractivity contribution in [3.05, 3.63) is 20.1 Å². The molecule has 1 aromatic rings. The lowest BCUT2D eigenvalue weighted by atomic mass is 9.51. The molecule has 4 nitrogen and oxygen atoms in total. The predicted octanol–water partition coefficient (Wildman–Crippen LogP) is 3.69. The zero-order valence-corrected chi connectivity index (χ0v) is 19.7. The second-order valence-corrected chi connectivity index (χ2v) is 11.3. The van der Waals surface area contributed by atoms with Gasteiger partial charge in [0.1, 0.15) is 12.2 Å². The number of halogens is 4. The molecule has 1 spiro atoms. The number of benzene rings is 1. The minimum atomic E-state index is -0.639. The molecule has 2 aliphatic heterocycles. The molecular weight excluding hydrogens is 586 g/mol. The van der Waals surface area contributed by atoms with E-state index in [1.807, 2.05) is 0 Å². The molecule has 2 heterocycles. The fraction of sp³-hybridized carbons (Fsp3) is 0.647. The van der Waals surface area contributed by atoms with E-state index in [-0.39, 0.29) is 26.9 Å². The molecule has 25 heavy (non-hydrogen) atoms. The zero-order valence-electron chi connectivity index (χ0n) is 13.3. The maximum absolute atomic E-state index is 11.0. The van der Waals surface area contributed by atoms with E-state index in [4.69, 9.17) is 4.74 Å². The van der Waals surface area contributed by atoms with Crippen LogP contribution in [-0.4, -0.2) is 56.6 Å². The van der Waals surface area contributed by atoms with Crippen molar-refractivity contribution in [2.75, 3.05) is 13.6 Å². The van der Waals surface area contributed by atoms with Gasteiger partial charge in [0.2, 0.25) is 0 Å². The minimum Gasteiger partial charge on any atom is -0.503 e. The van der Waals surface area contributed by atoms with Crippen molar-refractivity contribution in [1.82, 2.24) is 4.90 Å². The van der Waals surface area contributed by atoms with Gasteiger partial charge in [0.15, 0.2) is 11.5 Å². The number of ether oxygens (including phenoxy) is 1. The Labute approximate surface area is 179 Å². The minimum absolute atomic E-state index is 0.0884. The number of alkyl halides is 2. The smallest absolute Gasteiger partial charge is 0.173 e. The summed E-state index contributed by atoms with van der Waals surface area (Å²) >= 11 is 14.8. The fourth-order valence-electron chi connectivity index (χ4n) is 5.73. The van der Waals surface area contributed by atoms with Crippen molar-refractivity contribution in [3.63, 3.8) is 0 Å². The van der Waals surface area contributed by atoms with Crippen molar-refractivity contribution in [2.24, 2.45) is 5.92 Å². The van der Waals surface area contributed by atoms with Crippen molar-refractivity contribution < 1.29 is 14.9 Å². The molecule has 0 unspecified atom stereocenters. The molecule has 0 amide bonds. The number of aliphatic hydroxyl groups excluding tert-OH is 1. The SMILES string of the molecule is CN1CC[C@]23c4c5c(Br)c(Br)c(O)c4O[C@H]2[C@@H](O)[C@H](Br)[C@@H](Br)[C@H]3[C@H]1C5. The van der Waals surface area contributed by atoms with Crippen LogP contribution in [0.4, 0.5) is 0 Å². The van der Waals surface area contributed by atoms with E-state index in [9.17, 15) is 10.2 Å². The molecule has 4 aliphatic rings. The second-order valence-electron chi connectivity index (χ2n) is 7.65. The van der Waals surface area contributed by atoms with Gasteiger partial charge in [-0.25, -0.2) is 0 Å². The van der Waals surface area contributed by atoms with Crippen LogP contribution in [0.25, 0.3) is 0 Å². The lowest BCUT2D eigenvalue weighted by Gasteiger charge is -2.61. The van der Waals surface area contributed by atoms with Gasteiger partial charge in [-0.3, -0.25) is 0 Å². The molecule has 2 N–H and O–H groups in total. The van der Waals surface area contributed by atoms with E-state index >= 15 is 0 Å². The summed E-state index contributed by atoms with van der Waals surface area (Å²) in [4.78, 5) is 2.49. The Balaban J connectivity index is 1.86. The normalized spacial score (nSPS) is 44.4. The van der Waals surface area contributed by atoms with Gasteiger partial charge in [-0.2, -0.15) is 0 Å². The molecule has 2 bridgehead atoms. The first-order valence-corrected chi connectivity index (χ1v) is 11.8. The summed E-state index contributed by atoms with van der Waals surface area (Å²) in [5, 5.41) is 21.7. The van der Waals surface area contributed by atoms with E-state index in [1.165, 1.54) is 5.56 Å². The van der Waals surface area contributed by atoms with Gasteiger partial charge in [0.25, 0.3) is 0 Å². The average molecular weight is 603 g/mol. The highest BCUT2D eigenvalue weighted by molar-refractivity contribution is 9.13. The third kappa shape index (κ3) is 1.95. The Kier molecular flexibility index (Phi) is 3.97. The van der Waals surface area contributed by atoms with Crippen molar-refractivity contribution in [2.45, 2.75) is 46.2 Å². The molecule has 1 saturated heterocycles. The van der Waals surface area contributed by atoms with Crippen LogP contribution in [0.2, 0.25) is 0 Å². The molecule has 2 aliphatic carbocycles. The third-order valence-electron chi connectivity index (χ3n) is 6.78. The van der Waals surface area contributed by atoms with Crippen molar-refractivity contribution in [1.29, 1.82) is 0 Å². The molecule has 5 rings (SSSR count). The third-order valence-corrected chi connectivity index (χ3v) is 11.9. The highest BCUT2D eigenvalue weighted by Gasteiger charge is 2.69. The highest BCUT2D eigenvalue weighted by Crippen LogP contribution is 2.67. The summed E-state index contributed by atoms with van der Waals surface area (Å²) in [6.07, 6.45) is 0.841. The van der Waals surface area contributed by atoms with Crippen LogP contribution >= 0.6 is 63.7 Å². The number of hydrogen-bond donors (Lipinski definition) is 2. The van der Waals surface area contributed by atoms with Crippen LogP contribution in [0.5, 0.6) is 11.5 Å². The van der Waals surface area contributed by atoms with Gasteiger partial charge in [0, 0.05) is 32.2 Å². The number of hydrogen-bond acceptors (Lipinski definition) is 4. The van der Waals surface area contributed by atoms with Gasteiger partial charge in [0.05, 0.1) is 9.30 Å². The summed E-state index contributed by atoms with van der Waals surface area (Å²) in [5.74, 6) is 1.00. The molecule has 2 fully saturated rings. The van der Waals surface area contributed by atoms with E-state index in [1.54, 1.807) is 0 Å². The number of aliphatic hydroxyl groups is 1. The van der Waals surface area contributed by atoms with E-state index in [0.717, 1.165) is 29.4 Å². The first-order chi connectivity index (χ1) is 11.8. The number of rotatable bonds is 0. The highest BCUT2D eigenvalue weighted by atomic mass is 79.9. The van der Waals surface area contributed by atoms with Gasteiger partial charge < -0.3 is 19.8 Å². The van der Waals surface area contributed by atoms with Gasteiger partial charge in [-0.1, -0.05) is 31.9 Å². The predicted molar refractivity (Wildman–Crippen MR) is 109 cm³/mol. The van der Waals surface area contributed by atoms with E-state index in [2.05, 4.69) is 75.7 Å². The zero-order chi connectivity index (χ0) is 17.8. The molecular formula is C17H17Br4NO3. The molecule has 7 atom stereocenters. The molecule has 8 heteroatoms. The Morgan fingerprint density at radius 2 is 1.92 bits per heavy atom. The van der Waals surface area contributed by atoms with Gasteiger partial charge in [-0.15, -0.1) is 0 Å². The summed E-state index contributed by atoms with van der Waals surface area (Å²) in [6.45, 7) is 0.966. The van der Waals surface area contributed by atoms with E-state index < -0.39 is 6.10 Å². The number of likely N-dealkylation sites (N-methyl/N-ethyl adjacent to an activating group) is 1. The number of phenols is 1. The topological polar surface area (TPSA) is 52.9 Å². The number of piperidine rings is 1. The van der Waals surface area contributed by atoms with Crippen LogP contribution in [0.15, 0.2) is 8.95 Å². The first-order valence-electron chi connectivity index (χ1n) is 8.37. The van der Waals surface area contributed by atoms with Crippen LogP contribution in [0, 0.1) is 5.92 Å². The van der Waals surface area contributed by atoms with Crippen LogP contribution in [0.3, 0.4) is 0 Å². The van der Waals surface area contributed by atoms with Crippen molar-refractivity contribution in [3.8, 4) is 11.5 Å². The number of phenolic OH excluding ortho intramolecular Hbond substituents is 1. The lowest BCUT2D eigenvalue weighted by Crippen LogP contribution is -2.72. The maximum Gasteiger partial charge on any atom is 0.173 e. The molecule has 1 saturated carbocycles. The summed E-state index contributed by atoms with van der Waals surface area (Å²) in [5.41, 5.74) is 2.05. The Morgan fingerprint density at radius 3 is 2.64 bits per heavy atom. The van der Waals surface area contributed by atoms with Gasteiger partial charge in [-0.05, 0) is 63.9 Å². The van der Waals surface area contributed by atoms with Crippen LogP contribution < -0.4 is 4.74 Å². The van der Waals surface area contributed by atoms with Crippen LogP contribution in [-0.2, 0) is 11.8 Å². The quantitative estimate of drug-likeness (QED) is 0.445. The Hall–Kier alpha value is 0.660. The maximum atomic E-state index is 11.0. The monoisotopic (exact) mass is 599 g/mol. The van der Waals surface area contributed by atoms with E-state index in [0.29, 0.717) is 22.2 Å². The first kappa shape index (κ1) is 17.7. The molecule has 0 radical (unpaired) electrons. The number of likely N-dealkylation sites (tertiary alicyclic amines) is 1. The lowest BCUT2D eigenvalue weighted by molar-refractivity contribution is -0.0908. The summed E-state index contributed by atoms with van der Waals surface area (Å²) in [7, 11) is 2.19.